The minimum absolute atomic E-state index is 0.0455. The minimum atomic E-state index is -0.586. The molecule has 2 aromatic carbocycles. The maximum atomic E-state index is 13.4. The van der Waals surface area contributed by atoms with Crippen LogP contribution in [0.5, 0.6) is 5.75 Å². The molecule has 186 valence electrons. The zero-order chi connectivity index (χ0) is 25.0. The monoisotopic (exact) mass is 486 g/mol. The Balaban J connectivity index is 1.16. The Morgan fingerprint density at radius 1 is 0.889 bits per heavy atom. The van der Waals surface area contributed by atoms with Crippen molar-refractivity contribution in [1.82, 2.24) is 9.80 Å². The SMILES string of the molecule is Cc1ccc2c(c1)C(=O)CC1(CCN(C(=O)c3ccc4c(c3)C(=O)N(C3CCCCC3)C4=O)CC1)O2. The highest BCUT2D eigenvalue weighted by Gasteiger charge is 2.44. The molecular formula is C29H30N2O5. The lowest BCUT2D eigenvalue weighted by molar-refractivity contribution is -0.00574. The normalized spacial score (nSPS) is 21.4. The zero-order valence-electron chi connectivity index (χ0n) is 20.5. The van der Waals surface area contributed by atoms with Gasteiger partial charge in [0.2, 0.25) is 0 Å². The summed E-state index contributed by atoms with van der Waals surface area (Å²) in [5, 5.41) is 0. The number of nitrogens with zero attached hydrogens (tertiary/aromatic N) is 2. The van der Waals surface area contributed by atoms with Gasteiger partial charge in [-0.15, -0.1) is 0 Å². The van der Waals surface area contributed by atoms with E-state index in [1.807, 2.05) is 25.1 Å². The quantitative estimate of drug-likeness (QED) is 0.581. The van der Waals surface area contributed by atoms with Gasteiger partial charge in [-0.05, 0) is 50.1 Å². The molecular weight excluding hydrogens is 456 g/mol. The van der Waals surface area contributed by atoms with Gasteiger partial charge in [-0.25, -0.2) is 0 Å². The van der Waals surface area contributed by atoms with Crippen LogP contribution in [0.15, 0.2) is 36.4 Å². The maximum Gasteiger partial charge on any atom is 0.261 e. The van der Waals surface area contributed by atoms with Gasteiger partial charge in [-0.2, -0.15) is 0 Å². The first-order valence-corrected chi connectivity index (χ1v) is 13.0. The molecule has 2 fully saturated rings. The van der Waals surface area contributed by atoms with Crippen LogP contribution in [0.3, 0.4) is 0 Å². The van der Waals surface area contributed by atoms with Crippen molar-refractivity contribution in [1.29, 1.82) is 0 Å². The number of carbonyl (C=O) groups excluding carboxylic acids is 4. The third-order valence-corrected chi connectivity index (χ3v) is 8.31. The predicted molar refractivity (Wildman–Crippen MR) is 132 cm³/mol. The van der Waals surface area contributed by atoms with E-state index < -0.39 is 5.60 Å². The summed E-state index contributed by atoms with van der Waals surface area (Å²) in [6.45, 7) is 2.88. The first kappa shape index (κ1) is 23.0. The van der Waals surface area contributed by atoms with E-state index in [1.54, 1.807) is 23.1 Å². The largest absolute Gasteiger partial charge is 0.486 e. The molecule has 0 unspecified atom stereocenters. The van der Waals surface area contributed by atoms with E-state index in [-0.39, 0.29) is 29.5 Å². The number of Topliss-reactive ketones (excluding diaryl/α,β-unsaturated/α-hetero) is 1. The van der Waals surface area contributed by atoms with Crippen LogP contribution in [0.2, 0.25) is 0 Å². The maximum absolute atomic E-state index is 13.4. The standard InChI is InChI=1S/C29H30N2O5/c1-18-7-10-25-23(15-18)24(32)17-29(36-25)11-13-30(14-12-29)26(33)19-8-9-21-22(16-19)28(35)31(27(21)34)20-5-3-2-4-6-20/h7-10,15-16,20H,2-6,11-14,17H2,1H3. The summed E-state index contributed by atoms with van der Waals surface area (Å²) in [6, 6.07) is 10.5. The lowest BCUT2D eigenvalue weighted by Gasteiger charge is -2.44. The van der Waals surface area contributed by atoms with E-state index in [0.717, 1.165) is 37.7 Å². The van der Waals surface area contributed by atoms with Gasteiger partial charge in [0, 0.05) is 37.5 Å². The van der Waals surface area contributed by atoms with Crippen LogP contribution in [0.1, 0.15) is 98.4 Å². The molecule has 1 spiro atoms. The average Bonchev–Trinajstić information content (AvgIpc) is 3.14. The summed E-state index contributed by atoms with van der Waals surface area (Å²) in [6.07, 6.45) is 6.34. The summed E-state index contributed by atoms with van der Waals surface area (Å²) in [4.78, 5) is 55.5. The lowest BCUT2D eigenvalue weighted by atomic mass is 9.82. The van der Waals surface area contributed by atoms with E-state index in [1.165, 1.54) is 4.90 Å². The van der Waals surface area contributed by atoms with Crippen molar-refractivity contribution in [3.8, 4) is 5.75 Å². The van der Waals surface area contributed by atoms with Crippen LogP contribution in [-0.4, -0.2) is 58.0 Å². The van der Waals surface area contributed by atoms with Crippen molar-refractivity contribution in [2.45, 2.75) is 69.9 Å². The minimum Gasteiger partial charge on any atom is -0.486 e. The van der Waals surface area contributed by atoms with Crippen molar-refractivity contribution in [2.24, 2.45) is 0 Å². The molecule has 1 saturated carbocycles. The molecule has 2 aromatic rings. The molecule has 7 nitrogen and oxygen atoms in total. The number of imide groups is 1. The number of fused-ring (bicyclic) bond motifs is 2. The molecule has 0 aromatic heterocycles. The molecule has 7 heteroatoms. The highest BCUT2D eigenvalue weighted by atomic mass is 16.5. The van der Waals surface area contributed by atoms with Crippen LogP contribution in [0.25, 0.3) is 0 Å². The van der Waals surface area contributed by atoms with E-state index in [0.29, 0.717) is 60.4 Å². The first-order valence-electron chi connectivity index (χ1n) is 13.0. The average molecular weight is 487 g/mol. The van der Waals surface area contributed by atoms with Crippen molar-refractivity contribution in [2.75, 3.05) is 13.1 Å². The van der Waals surface area contributed by atoms with Gasteiger partial charge in [0.15, 0.2) is 5.78 Å². The Bertz CT molecular complexity index is 1280. The highest BCUT2D eigenvalue weighted by Crippen LogP contribution is 2.40. The number of hydrogen-bond acceptors (Lipinski definition) is 5. The third-order valence-electron chi connectivity index (χ3n) is 8.31. The van der Waals surface area contributed by atoms with Gasteiger partial charge in [0.25, 0.3) is 17.7 Å². The molecule has 1 aliphatic carbocycles. The molecule has 3 heterocycles. The third kappa shape index (κ3) is 3.72. The predicted octanol–water partition coefficient (Wildman–Crippen LogP) is 4.56. The summed E-state index contributed by atoms with van der Waals surface area (Å²) in [5.41, 5.74) is 2.22. The van der Waals surface area contributed by atoms with Crippen LogP contribution in [-0.2, 0) is 0 Å². The second kappa shape index (κ2) is 8.57. The number of aryl methyl sites for hydroxylation is 1. The fourth-order valence-electron chi connectivity index (χ4n) is 6.25. The molecule has 3 amide bonds. The number of carbonyl (C=O) groups is 4. The molecule has 1 saturated heterocycles. The number of benzene rings is 2. The summed E-state index contributed by atoms with van der Waals surface area (Å²) in [5.74, 6) is 0.0275. The number of amides is 3. The second-order valence-electron chi connectivity index (χ2n) is 10.7. The van der Waals surface area contributed by atoms with E-state index in [4.69, 9.17) is 4.74 Å². The van der Waals surface area contributed by atoms with Gasteiger partial charge < -0.3 is 9.64 Å². The molecule has 3 aliphatic heterocycles. The smallest absolute Gasteiger partial charge is 0.261 e. The van der Waals surface area contributed by atoms with Crippen molar-refractivity contribution in [3.63, 3.8) is 0 Å². The summed E-state index contributed by atoms with van der Waals surface area (Å²) < 4.78 is 6.33. The number of rotatable bonds is 2. The molecule has 0 atom stereocenters. The summed E-state index contributed by atoms with van der Waals surface area (Å²) >= 11 is 0. The lowest BCUT2D eigenvalue weighted by Crippen LogP contribution is -2.52. The van der Waals surface area contributed by atoms with Gasteiger partial charge in [-0.3, -0.25) is 24.1 Å². The number of hydrogen-bond donors (Lipinski definition) is 0. The van der Waals surface area contributed by atoms with Gasteiger partial charge in [0.1, 0.15) is 11.4 Å². The molecule has 0 bridgehead atoms. The van der Waals surface area contributed by atoms with Crippen molar-refractivity contribution < 1.29 is 23.9 Å². The highest BCUT2D eigenvalue weighted by molar-refractivity contribution is 6.22. The topological polar surface area (TPSA) is 84.0 Å². The Kier molecular flexibility index (Phi) is 5.47. The van der Waals surface area contributed by atoms with Crippen LogP contribution < -0.4 is 4.74 Å². The van der Waals surface area contributed by atoms with Crippen molar-refractivity contribution >= 4 is 23.5 Å². The van der Waals surface area contributed by atoms with Crippen LogP contribution in [0, 0.1) is 6.92 Å². The Morgan fingerprint density at radius 3 is 2.36 bits per heavy atom. The number of likely N-dealkylation sites (tertiary alicyclic amines) is 1. The molecule has 0 N–H and O–H groups in total. The Labute approximate surface area is 210 Å². The van der Waals surface area contributed by atoms with E-state index in [9.17, 15) is 19.2 Å². The van der Waals surface area contributed by atoms with Crippen LogP contribution >= 0.6 is 0 Å². The Hall–Kier alpha value is -3.48. The number of ketones is 1. The number of piperidine rings is 1. The first-order chi connectivity index (χ1) is 17.3. The molecule has 4 aliphatic rings. The van der Waals surface area contributed by atoms with E-state index in [2.05, 4.69) is 0 Å². The van der Waals surface area contributed by atoms with E-state index >= 15 is 0 Å². The fourth-order valence-corrected chi connectivity index (χ4v) is 6.25. The fraction of sp³-hybridized carbons (Fsp3) is 0.448. The molecule has 0 radical (unpaired) electrons. The molecule has 36 heavy (non-hydrogen) atoms. The Morgan fingerprint density at radius 2 is 1.61 bits per heavy atom. The zero-order valence-corrected chi connectivity index (χ0v) is 20.5. The number of ether oxygens (including phenoxy) is 1. The second-order valence-corrected chi connectivity index (χ2v) is 10.7. The van der Waals surface area contributed by atoms with Gasteiger partial charge in [0.05, 0.1) is 23.1 Å². The van der Waals surface area contributed by atoms with Crippen molar-refractivity contribution in [3.05, 3.63) is 64.2 Å². The van der Waals surface area contributed by atoms with Gasteiger partial charge in [-0.1, -0.05) is 30.9 Å². The molecule has 6 rings (SSSR count). The van der Waals surface area contributed by atoms with Gasteiger partial charge >= 0.3 is 0 Å². The summed E-state index contributed by atoms with van der Waals surface area (Å²) in [7, 11) is 0. The van der Waals surface area contributed by atoms with Crippen LogP contribution in [0.4, 0.5) is 0 Å².